The number of rotatable bonds is 5. The number of halogens is 1. The smallest absolute Gasteiger partial charge is 0.321 e. The van der Waals surface area contributed by atoms with E-state index in [1.54, 1.807) is 25.2 Å². The number of urea groups is 1. The molecule has 1 saturated carbocycles. The van der Waals surface area contributed by atoms with Crippen molar-refractivity contribution >= 4 is 23.3 Å². The van der Waals surface area contributed by atoms with Gasteiger partial charge in [0, 0.05) is 19.3 Å². The summed E-state index contributed by atoms with van der Waals surface area (Å²) in [5, 5.41) is 12.0. The molecule has 0 unspecified atom stereocenters. The third kappa shape index (κ3) is 4.51. The van der Waals surface area contributed by atoms with Crippen LogP contribution in [0.25, 0.3) is 0 Å². The minimum atomic E-state index is -0.287. The number of anilines is 1. The molecule has 5 nitrogen and oxygen atoms in total. The van der Waals surface area contributed by atoms with Crippen LogP contribution in [0.5, 0.6) is 5.75 Å². The average molecular weight is 313 g/mol. The highest BCUT2D eigenvalue weighted by Gasteiger charge is 2.18. The number of nitrogens with zero attached hydrogens (tertiary/aromatic N) is 1. The summed E-state index contributed by atoms with van der Waals surface area (Å²) in [7, 11) is 1.62. The Balaban J connectivity index is 1.96. The van der Waals surface area contributed by atoms with E-state index in [9.17, 15) is 4.79 Å². The number of benzene rings is 1. The van der Waals surface area contributed by atoms with E-state index in [0.717, 1.165) is 12.8 Å². The molecule has 1 aromatic carbocycles. The van der Waals surface area contributed by atoms with Crippen LogP contribution in [0.15, 0.2) is 18.2 Å². The lowest BCUT2D eigenvalue weighted by Crippen LogP contribution is -2.33. The normalized spacial score (nSPS) is 15.0. The van der Waals surface area contributed by atoms with Crippen molar-refractivity contribution in [1.82, 2.24) is 4.90 Å². The summed E-state index contributed by atoms with van der Waals surface area (Å²) in [6, 6.07) is 4.93. The molecule has 0 aliphatic heterocycles. The van der Waals surface area contributed by atoms with Gasteiger partial charge in [0.1, 0.15) is 5.75 Å². The van der Waals surface area contributed by atoms with E-state index in [1.807, 2.05) is 0 Å². The third-order valence-electron chi connectivity index (χ3n) is 3.56. The van der Waals surface area contributed by atoms with Crippen molar-refractivity contribution in [3.8, 4) is 5.75 Å². The predicted octanol–water partition coefficient (Wildman–Crippen LogP) is 3.12. The maximum absolute atomic E-state index is 11.8. The highest BCUT2D eigenvalue weighted by molar-refractivity contribution is 6.32. The molecule has 0 radical (unpaired) electrons. The van der Waals surface area contributed by atoms with Gasteiger partial charge in [0.2, 0.25) is 0 Å². The highest BCUT2D eigenvalue weighted by Crippen LogP contribution is 2.31. The van der Waals surface area contributed by atoms with Crippen molar-refractivity contribution in [3.63, 3.8) is 0 Å². The molecule has 2 rings (SSSR count). The second kappa shape index (κ2) is 7.52. The second-order valence-corrected chi connectivity index (χ2v) is 5.65. The molecule has 0 saturated heterocycles. The zero-order valence-electron chi connectivity index (χ0n) is 12.1. The number of carbonyl (C=O) groups is 1. The fourth-order valence-corrected chi connectivity index (χ4v) is 2.56. The van der Waals surface area contributed by atoms with Crippen molar-refractivity contribution in [2.75, 3.05) is 25.5 Å². The minimum Gasteiger partial charge on any atom is -0.489 e. The summed E-state index contributed by atoms with van der Waals surface area (Å²) in [6.45, 7) is 0.210. The summed E-state index contributed by atoms with van der Waals surface area (Å²) in [5.74, 6) is 0.658. The van der Waals surface area contributed by atoms with Crippen molar-refractivity contribution < 1.29 is 14.6 Å². The Morgan fingerprint density at radius 3 is 2.81 bits per heavy atom. The van der Waals surface area contributed by atoms with Gasteiger partial charge in [-0.15, -0.1) is 0 Å². The molecular weight excluding hydrogens is 292 g/mol. The number of aliphatic hydroxyl groups is 1. The summed E-state index contributed by atoms with van der Waals surface area (Å²) < 4.78 is 5.86. The van der Waals surface area contributed by atoms with Gasteiger partial charge in [-0.05, 0) is 43.9 Å². The largest absolute Gasteiger partial charge is 0.489 e. The van der Waals surface area contributed by atoms with Crippen molar-refractivity contribution in [1.29, 1.82) is 0 Å². The van der Waals surface area contributed by atoms with E-state index in [2.05, 4.69) is 5.32 Å². The van der Waals surface area contributed by atoms with Crippen LogP contribution in [0.1, 0.15) is 25.7 Å². The first-order valence-electron chi connectivity index (χ1n) is 7.19. The van der Waals surface area contributed by atoms with Gasteiger partial charge in [0.25, 0.3) is 0 Å². The average Bonchev–Trinajstić information content (AvgIpc) is 2.95. The van der Waals surface area contributed by atoms with Gasteiger partial charge in [0.05, 0.1) is 17.7 Å². The molecule has 1 fully saturated rings. The Bertz CT molecular complexity index is 490. The molecule has 21 heavy (non-hydrogen) atoms. The molecule has 2 amide bonds. The summed E-state index contributed by atoms with van der Waals surface area (Å²) in [4.78, 5) is 13.2. The molecule has 1 aliphatic rings. The van der Waals surface area contributed by atoms with E-state index in [1.165, 1.54) is 17.7 Å². The number of ether oxygens (including phenoxy) is 1. The highest BCUT2D eigenvalue weighted by atomic mass is 35.5. The first-order valence-corrected chi connectivity index (χ1v) is 7.57. The predicted molar refractivity (Wildman–Crippen MR) is 83.1 cm³/mol. The number of likely N-dealkylation sites (N-methyl/N-ethyl adjacent to an activating group) is 1. The maximum Gasteiger partial charge on any atom is 0.321 e. The van der Waals surface area contributed by atoms with Crippen LogP contribution in [0, 0.1) is 0 Å². The lowest BCUT2D eigenvalue weighted by Gasteiger charge is -2.18. The minimum absolute atomic E-state index is 0.0706. The lowest BCUT2D eigenvalue weighted by molar-refractivity contribution is 0.202. The Labute approximate surface area is 129 Å². The molecule has 0 aromatic heterocycles. The molecule has 6 heteroatoms. The fraction of sp³-hybridized carbons (Fsp3) is 0.533. The van der Waals surface area contributed by atoms with E-state index in [-0.39, 0.29) is 25.3 Å². The van der Waals surface area contributed by atoms with E-state index >= 15 is 0 Å². The number of hydrogen-bond donors (Lipinski definition) is 2. The Morgan fingerprint density at radius 2 is 2.19 bits per heavy atom. The van der Waals surface area contributed by atoms with E-state index < -0.39 is 0 Å². The van der Waals surface area contributed by atoms with Gasteiger partial charge in [-0.2, -0.15) is 0 Å². The van der Waals surface area contributed by atoms with Crippen LogP contribution in [0.4, 0.5) is 10.5 Å². The zero-order chi connectivity index (χ0) is 15.2. The first-order chi connectivity index (χ1) is 10.1. The van der Waals surface area contributed by atoms with Crippen LogP contribution in [0.3, 0.4) is 0 Å². The molecule has 0 bridgehead atoms. The van der Waals surface area contributed by atoms with Crippen LogP contribution in [-0.4, -0.2) is 42.3 Å². The SMILES string of the molecule is CN(CCO)C(=O)Nc1ccc(OC2CCCC2)c(Cl)c1. The molecule has 1 aromatic rings. The second-order valence-electron chi connectivity index (χ2n) is 5.24. The summed E-state index contributed by atoms with van der Waals surface area (Å²) in [6.07, 6.45) is 4.79. The van der Waals surface area contributed by atoms with Crippen LogP contribution < -0.4 is 10.1 Å². The standard InChI is InChI=1S/C15H21ClN2O3/c1-18(8-9-19)15(20)17-11-6-7-14(13(16)10-11)21-12-4-2-3-5-12/h6-7,10,12,19H,2-5,8-9H2,1H3,(H,17,20). The van der Waals surface area contributed by atoms with Crippen LogP contribution >= 0.6 is 11.6 Å². The summed E-state index contributed by atoms with van der Waals surface area (Å²) >= 11 is 6.20. The topological polar surface area (TPSA) is 61.8 Å². The van der Waals surface area contributed by atoms with E-state index in [0.29, 0.717) is 16.5 Å². The van der Waals surface area contributed by atoms with Gasteiger partial charge in [-0.25, -0.2) is 4.79 Å². The van der Waals surface area contributed by atoms with Gasteiger partial charge in [0.15, 0.2) is 0 Å². The quantitative estimate of drug-likeness (QED) is 0.878. The van der Waals surface area contributed by atoms with Crippen molar-refractivity contribution in [2.45, 2.75) is 31.8 Å². The number of carbonyl (C=O) groups excluding carboxylic acids is 1. The molecule has 116 valence electrons. The maximum atomic E-state index is 11.8. The molecule has 1 aliphatic carbocycles. The number of hydrogen-bond acceptors (Lipinski definition) is 3. The van der Waals surface area contributed by atoms with Crippen LogP contribution in [-0.2, 0) is 0 Å². The monoisotopic (exact) mass is 312 g/mol. The van der Waals surface area contributed by atoms with Crippen molar-refractivity contribution in [3.05, 3.63) is 23.2 Å². The van der Waals surface area contributed by atoms with Gasteiger partial charge < -0.3 is 20.1 Å². The Kier molecular flexibility index (Phi) is 5.70. The fourth-order valence-electron chi connectivity index (χ4n) is 2.33. The molecule has 0 atom stereocenters. The lowest BCUT2D eigenvalue weighted by atomic mass is 10.2. The molecule has 0 spiro atoms. The van der Waals surface area contributed by atoms with E-state index in [4.69, 9.17) is 21.4 Å². The number of aliphatic hydroxyl groups excluding tert-OH is 1. The Morgan fingerprint density at radius 1 is 1.48 bits per heavy atom. The zero-order valence-corrected chi connectivity index (χ0v) is 12.9. The Hall–Kier alpha value is -1.46. The third-order valence-corrected chi connectivity index (χ3v) is 3.86. The number of nitrogens with one attached hydrogen (secondary N) is 1. The molecule has 2 N–H and O–H groups in total. The number of amides is 2. The molecular formula is C15H21ClN2O3. The van der Waals surface area contributed by atoms with Gasteiger partial charge >= 0.3 is 6.03 Å². The van der Waals surface area contributed by atoms with Crippen LogP contribution in [0.2, 0.25) is 5.02 Å². The molecule has 0 heterocycles. The first kappa shape index (κ1) is 15.9. The summed E-state index contributed by atoms with van der Waals surface area (Å²) in [5.41, 5.74) is 0.605. The van der Waals surface area contributed by atoms with Crippen molar-refractivity contribution in [2.24, 2.45) is 0 Å². The van der Waals surface area contributed by atoms with Gasteiger partial charge in [-0.3, -0.25) is 0 Å². The van der Waals surface area contributed by atoms with Gasteiger partial charge in [-0.1, -0.05) is 11.6 Å².